The zero-order valence-corrected chi connectivity index (χ0v) is 11.9. The Morgan fingerprint density at radius 3 is 2.52 bits per heavy atom. The van der Waals surface area contributed by atoms with Crippen molar-refractivity contribution in [2.45, 2.75) is 19.6 Å². The summed E-state index contributed by atoms with van der Waals surface area (Å²) in [7, 11) is 0. The second-order valence-corrected chi connectivity index (χ2v) is 4.93. The molecule has 7 heteroatoms. The molecule has 2 aromatic rings. The second-order valence-electron chi connectivity index (χ2n) is 4.49. The molecule has 0 amide bonds. The van der Waals surface area contributed by atoms with Crippen molar-refractivity contribution < 1.29 is 17.6 Å². The number of halogens is 3. The van der Waals surface area contributed by atoms with Crippen LogP contribution in [0.15, 0.2) is 34.7 Å². The van der Waals surface area contributed by atoms with Crippen molar-refractivity contribution in [1.82, 2.24) is 0 Å². The van der Waals surface area contributed by atoms with Gasteiger partial charge in [0.05, 0.1) is 12.1 Å². The van der Waals surface area contributed by atoms with Crippen LogP contribution in [0.25, 0.3) is 0 Å². The lowest BCUT2D eigenvalue weighted by atomic mass is 10.1. The molecule has 1 aromatic carbocycles. The highest BCUT2D eigenvalue weighted by Crippen LogP contribution is 2.34. The van der Waals surface area contributed by atoms with Gasteiger partial charge in [-0.05, 0) is 37.3 Å². The molecular weight excluding hydrogens is 301 g/mol. The largest absolute Gasteiger partial charge is 0.465 e. The predicted molar refractivity (Wildman–Crippen MR) is 78.1 cm³/mol. The number of aryl methyl sites for hydroxylation is 1. The van der Waals surface area contributed by atoms with Crippen LogP contribution in [0.1, 0.15) is 22.6 Å². The lowest BCUT2D eigenvalue weighted by Gasteiger charge is -2.14. The molecule has 0 fully saturated rings. The van der Waals surface area contributed by atoms with Gasteiger partial charge in [0.15, 0.2) is 0 Å². The number of thiocarbonyl (C=S) groups is 1. The van der Waals surface area contributed by atoms with E-state index in [-0.39, 0.29) is 17.1 Å². The van der Waals surface area contributed by atoms with Crippen LogP contribution in [0.2, 0.25) is 0 Å². The molecule has 1 aromatic heterocycles. The first-order chi connectivity index (χ1) is 9.77. The van der Waals surface area contributed by atoms with E-state index in [9.17, 15) is 13.2 Å². The molecule has 3 nitrogen and oxygen atoms in total. The van der Waals surface area contributed by atoms with Crippen molar-refractivity contribution in [1.29, 1.82) is 0 Å². The van der Waals surface area contributed by atoms with E-state index in [1.807, 2.05) is 0 Å². The number of alkyl halides is 3. The molecule has 0 saturated carbocycles. The molecule has 0 unspecified atom stereocenters. The summed E-state index contributed by atoms with van der Waals surface area (Å²) < 4.78 is 44.3. The van der Waals surface area contributed by atoms with E-state index >= 15 is 0 Å². The Labute approximate surface area is 124 Å². The molecule has 0 aliphatic heterocycles. The van der Waals surface area contributed by atoms with E-state index in [1.54, 1.807) is 19.1 Å². The van der Waals surface area contributed by atoms with E-state index in [2.05, 4.69) is 17.5 Å². The Hall–Kier alpha value is -2.02. The van der Waals surface area contributed by atoms with Crippen LogP contribution in [0.3, 0.4) is 0 Å². The third-order valence-corrected chi connectivity index (χ3v) is 3.07. The van der Waals surface area contributed by atoms with E-state index < -0.39 is 11.7 Å². The third kappa shape index (κ3) is 3.75. The molecule has 2 rings (SSSR count). The minimum absolute atomic E-state index is 0.183. The predicted octanol–water partition coefficient (Wildman–Crippen LogP) is 3.85. The third-order valence-electron chi connectivity index (χ3n) is 2.85. The van der Waals surface area contributed by atoms with Gasteiger partial charge in [0, 0.05) is 11.3 Å². The average Bonchev–Trinajstić information content (AvgIpc) is 2.81. The zero-order valence-electron chi connectivity index (χ0n) is 11.1. The maximum atomic E-state index is 13.0. The van der Waals surface area contributed by atoms with Crippen molar-refractivity contribution in [3.05, 3.63) is 53.0 Å². The number of nitrogens with one attached hydrogen (secondary N) is 1. The molecule has 112 valence electrons. The summed E-state index contributed by atoms with van der Waals surface area (Å²) in [6.45, 7) is 2.08. The highest BCUT2D eigenvalue weighted by Gasteiger charge is 2.34. The molecule has 3 N–H and O–H groups in total. The standard InChI is InChI=1S/C14H13F3N2OS/c1-8-2-4-10(20-8)7-19-9-3-5-11(13(18)21)12(6-9)14(15,16)17/h2-6,19H,7H2,1H3,(H2,18,21). The Kier molecular flexibility index (Phi) is 4.22. The van der Waals surface area contributed by atoms with Gasteiger partial charge in [-0.15, -0.1) is 0 Å². The number of benzene rings is 1. The summed E-state index contributed by atoms with van der Waals surface area (Å²) in [6.07, 6.45) is -4.52. The summed E-state index contributed by atoms with van der Waals surface area (Å²) in [5.74, 6) is 1.38. The molecule has 1 heterocycles. The minimum atomic E-state index is -4.52. The molecule has 0 spiro atoms. The molecule has 21 heavy (non-hydrogen) atoms. The van der Waals surface area contributed by atoms with E-state index in [0.717, 1.165) is 11.8 Å². The molecule has 0 atom stereocenters. The van der Waals surface area contributed by atoms with Crippen LogP contribution in [0, 0.1) is 6.92 Å². The monoisotopic (exact) mass is 314 g/mol. The number of rotatable bonds is 4. The minimum Gasteiger partial charge on any atom is -0.465 e. The SMILES string of the molecule is Cc1ccc(CNc2ccc(C(N)=S)c(C(F)(F)F)c2)o1. The van der Waals surface area contributed by atoms with Crippen LogP contribution in [0.5, 0.6) is 0 Å². The lowest BCUT2D eigenvalue weighted by Crippen LogP contribution is -2.18. The van der Waals surface area contributed by atoms with Gasteiger partial charge in [0.2, 0.25) is 0 Å². The van der Waals surface area contributed by atoms with Gasteiger partial charge in [0.25, 0.3) is 0 Å². The highest BCUT2D eigenvalue weighted by atomic mass is 32.1. The first-order valence-corrected chi connectivity index (χ1v) is 6.48. The number of anilines is 1. The first-order valence-electron chi connectivity index (χ1n) is 6.07. The van der Waals surface area contributed by atoms with Crippen molar-refractivity contribution in [2.24, 2.45) is 5.73 Å². The molecule has 0 radical (unpaired) electrons. The molecule has 0 saturated heterocycles. The van der Waals surface area contributed by atoms with Gasteiger partial charge in [-0.1, -0.05) is 12.2 Å². The Balaban J connectivity index is 2.23. The van der Waals surface area contributed by atoms with Crippen molar-refractivity contribution in [2.75, 3.05) is 5.32 Å². The van der Waals surface area contributed by atoms with Crippen LogP contribution in [0.4, 0.5) is 18.9 Å². The fourth-order valence-electron chi connectivity index (χ4n) is 1.87. The normalized spacial score (nSPS) is 11.4. The maximum Gasteiger partial charge on any atom is 0.417 e. The van der Waals surface area contributed by atoms with Gasteiger partial charge >= 0.3 is 6.18 Å². The van der Waals surface area contributed by atoms with Gasteiger partial charge < -0.3 is 15.5 Å². The van der Waals surface area contributed by atoms with Gasteiger partial charge in [-0.25, -0.2) is 0 Å². The van der Waals surface area contributed by atoms with E-state index in [4.69, 9.17) is 10.2 Å². The number of hydrogen-bond acceptors (Lipinski definition) is 3. The smallest absolute Gasteiger partial charge is 0.417 e. The summed E-state index contributed by atoms with van der Waals surface area (Å²) in [4.78, 5) is -0.282. The summed E-state index contributed by atoms with van der Waals surface area (Å²) >= 11 is 4.65. The van der Waals surface area contributed by atoms with Gasteiger partial charge in [-0.3, -0.25) is 0 Å². The highest BCUT2D eigenvalue weighted by molar-refractivity contribution is 7.80. The van der Waals surface area contributed by atoms with Crippen molar-refractivity contribution >= 4 is 22.9 Å². The first kappa shape index (κ1) is 15.4. The maximum absolute atomic E-state index is 13.0. The quantitative estimate of drug-likeness (QED) is 0.842. The van der Waals surface area contributed by atoms with Crippen LogP contribution in [-0.2, 0) is 12.7 Å². The van der Waals surface area contributed by atoms with Crippen molar-refractivity contribution in [3.8, 4) is 0 Å². The summed E-state index contributed by atoms with van der Waals surface area (Å²) in [6, 6.07) is 7.30. The average molecular weight is 314 g/mol. The Morgan fingerprint density at radius 2 is 2.00 bits per heavy atom. The van der Waals surface area contributed by atoms with Crippen LogP contribution in [-0.4, -0.2) is 4.99 Å². The van der Waals surface area contributed by atoms with E-state index in [0.29, 0.717) is 11.4 Å². The Bertz CT molecular complexity index is 664. The molecule has 0 aliphatic rings. The van der Waals surface area contributed by atoms with Gasteiger partial charge in [-0.2, -0.15) is 13.2 Å². The number of furan rings is 1. The summed E-state index contributed by atoms with van der Waals surface area (Å²) in [5.41, 5.74) is 4.61. The molecular formula is C14H13F3N2OS. The van der Waals surface area contributed by atoms with Gasteiger partial charge in [0.1, 0.15) is 16.5 Å². The fraction of sp³-hybridized carbons (Fsp3) is 0.214. The second kappa shape index (κ2) is 5.77. The number of hydrogen-bond donors (Lipinski definition) is 2. The summed E-state index contributed by atoms with van der Waals surface area (Å²) in [5, 5.41) is 2.88. The number of nitrogens with two attached hydrogens (primary N) is 1. The van der Waals surface area contributed by atoms with Crippen LogP contribution < -0.4 is 11.1 Å². The Morgan fingerprint density at radius 1 is 1.29 bits per heavy atom. The topological polar surface area (TPSA) is 51.2 Å². The van der Waals surface area contributed by atoms with Crippen molar-refractivity contribution in [3.63, 3.8) is 0 Å². The fourth-order valence-corrected chi connectivity index (χ4v) is 2.05. The van der Waals surface area contributed by atoms with E-state index in [1.165, 1.54) is 12.1 Å². The lowest BCUT2D eigenvalue weighted by molar-refractivity contribution is -0.137. The van der Waals surface area contributed by atoms with Crippen LogP contribution >= 0.6 is 12.2 Å². The molecule has 0 bridgehead atoms. The molecule has 0 aliphatic carbocycles. The zero-order chi connectivity index (χ0) is 15.6.